The Bertz CT molecular complexity index is 594. The van der Waals surface area contributed by atoms with Crippen LogP contribution in [0.15, 0.2) is 14.0 Å². The molecule has 0 spiro atoms. The zero-order valence-electron chi connectivity index (χ0n) is 15.1. The number of anilines is 1. The molecule has 136 valence electrons. The fraction of sp³-hybridized carbons (Fsp3) is 0.750. The lowest BCUT2D eigenvalue weighted by atomic mass is 10.4. The Balaban J connectivity index is 3.21. The molecule has 0 aliphatic heterocycles. The van der Waals surface area contributed by atoms with E-state index in [4.69, 9.17) is 4.42 Å². The molecule has 1 rings (SSSR count). The van der Waals surface area contributed by atoms with Gasteiger partial charge < -0.3 is 14.2 Å². The van der Waals surface area contributed by atoms with Crippen LogP contribution in [0.4, 0.5) is 10.8 Å². The molecule has 8 heteroatoms. The van der Waals surface area contributed by atoms with Gasteiger partial charge in [-0.05, 0) is 25.7 Å². The Kier molecular flexibility index (Phi) is 8.21. The van der Waals surface area contributed by atoms with E-state index in [2.05, 4.69) is 4.98 Å². The van der Waals surface area contributed by atoms with Crippen molar-refractivity contribution in [3.63, 3.8) is 0 Å². The first kappa shape index (κ1) is 19.9. The van der Waals surface area contributed by atoms with Crippen molar-refractivity contribution in [1.29, 1.82) is 0 Å². The highest BCUT2D eigenvalue weighted by Crippen LogP contribution is 2.07. The summed E-state index contributed by atoms with van der Waals surface area (Å²) in [4.78, 5) is 44.0. The molecule has 0 saturated carbocycles. The van der Waals surface area contributed by atoms with E-state index >= 15 is 0 Å². The molecule has 0 bridgehead atoms. The van der Waals surface area contributed by atoms with Gasteiger partial charge in [0.2, 0.25) is 0 Å². The molecular weight excluding hydrogens is 312 g/mol. The maximum absolute atomic E-state index is 12.5. The Labute approximate surface area is 142 Å². The van der Waals surface area contributed by atoms with Crippen molar-refractivity contribution in [2.45, 2.75) is 53.4 Å². The first-order valence-corrected chi connectivity index (χ1v) is 8.68. The number of aromatic nitrogens is 2. The topological polar surface area (TPSA) is 88.7 Å². The molecule has 0 aromatic carbocycles. The molecule has 1 aromatic rings. The van der Waals surface area contributed by atoms with Crippen LogP contribution in [0.1, 0.15) is 53.4 Å². The van der Waals surface area contributed by atoms with Gasteiger partial charge in [-0.15, -0.1) is 9.55 Å². The monoisotopic (exact) mass is 340 g/mol. The molecule has 24 heavy (non-hydrogen) atoms. The van der Waals surface area contributed by atoms with Crippen molar-refractivity contribution in [1.82, 2.24) is 14.5 Å². The van der Waals surface area contributed by atoms with Crippen molar-refractivity contribution in [3.05, 3.63) is 21.0 Å². The number of nitrogens with zero attached hydrogens (tertiary/aromatic N) is 4. The summed E-state index contributed by atoms with van der Waals surface area (Å²) in [5, 5.41) is 0. The molecule has 1 aromatic heterocycles. The molecule has 0 aliphatic rings. The van der Waals surface area contributed by atoms with Gasteiger partial charge >= 0.3 is 23.5 Å². The van der Waals surface area contributed by atoms with Crippen LogP contribution in [0.3, 0.4) is 0 Å². The number of rotatable bonds is 9. The summed E-state index contributed by atoms with van der Waals surface area (Å²) in [6.45, 7) is 10.0. The van der Waals surface area contributed by atoms with E-state index in [0.29, 0.717) is 30.7 Å². The molecule has 1 amide bonds. The maximum atomic E-state index is 12.5. The van der Waals surface area contributed by atoms with E-state index in [-0.39, 0.29) is 6.01 Å². The number of carbonyl (C=O) groups is 1. The molecule has 0 aliphatic carbocycles. The standard InChI is InChI=1S/C16H28N4O4/c1-5-9-18(10-6-2)14-17-13(21)20(16(23)24-14)15(22)19(11-7-3)12-8-4/h5-12H2,1-4H3. The van der Waals surface area contributed by atoms with E-state index in [1.165, 1.54) is 4.90 Å². The van der Waals surface area contributed by atoms with E-state index in [1.54, 1.807) is 4.90 Å². The van der Waals surface area contributed by atoms with Crippen LogP contribution in [0.25, 0.3) is 0 Å². The second kappa shape index (κ2) is 9.89. The van der Waals surface area contributed by atoms with Gasteiger partial charge in [0.15, 0.2) is 0 Å². The van der Waals surface area contributed by atoms with Gasteiger partial charge in [0, 0.05) is 26.2 Å². The molecule has 8 nitrogen and oxygen atoms in total. The zero-order chi connectivity index (χ0) is 18.1. The second-order valence-corrected chi connectivity index (χ2v) is 5.64. The predicted octanol–water partition coefficient (Wildman–Crippen LogP) is 1.91. The van der Waals surface area contributed by atoms with E-state index in [9.17, 15) is 14.4 Å². The number of hydrogen-bond donors (Lipinski definition) is 0. The summed E-state index contributed by atoms with van der Waals surface area (Å²) in [5.41, 5.74) is -0.888. The third-order valence-corrected chi connectivity index (χ3v) is 3.45. The lowest BCUT2D eigenvalue weighted by Crippen LogP contribution is -2.48. The van der Waals surface area contributed by atoms with Gasteiger partial charge in [0.1, 0.15) is 0 Å². The Hall–Kier alpha value is -2.12. The molecule has 0 fully saturated rings. The van der Waals surface area contributed by atoms with Crippen LogP contribution in [0.5, 0.6) is 0 Å². The van der Waals surface area contributed by atoms with Crippen LogP contribution in [-0.4, -0.2) is 46.7 Å². The van der Waals surface area contributed by atoms with Crippen LogP contribution in [-0.2, 0) is 0 Å². The smallest absolute Gasteiger partial charge is 0.375 e. The van der Waals surface area contributed by atoms with Gasteiger partial charge in [-0.25, -0.2) is 14.4 Å². The average molecular weight is 340 g/mol. The minimum atomic E-state index is -0.982. The third-order valence-electron chi connectivity index (χ3n) is 3.45. The Morgan fingerprint density at radius 3 is 1.88 bits per heavy atom. The van der Waals surface area contributed by atoms with E-state index < -0.39 is 17.5 Å². The molecule has 0 saturated heterocycles. The summed E-state index contributed by atoms with van der Waals surface area (Å²) in [6.07, 6.45) is 3.12. The SMILES string of the molecule is CCCN(CCC)C(=O)n1c(=O)nc(N(CCC)CCC)oc1=O. The lowest BCUT2D eigenvalue weighted by molar-refractivity contribution is 0.193. The largest absolute Gasteiger partial charge is 0.434 e. The maximum Gasteiger partial charge on any atom is 0.434 e. The van der Waals surface area contributed by atoms with E-state index in [1.807, 2.05) is 27.7 Å². The summed E-state index contributed by atoms with van der Waals surface area (Å²) in [7, 11) is 0. The summed E-state index contributed by atoms with van der Waals surface area (Å²) in [6, 6.07) is -0.690. The van der Waals surface area contributed by atoms with Crippen LogP contribution < -0.4 is 16.3 Å². The highest BCUT2D eigenvalue weighted by molar-refractivity contribution is 5.76. The van der Waals surface area contributed by atoms with Crippen LogP contribution >= 0.6 is 0 Å². The molecule has 0 unspecified atom stereocenters. The zero-order valence-corrected chi connectivity index (χ0v) is 15.1. The highest BCUT2D eigenvalue weighted by Gasteiger charge is 2.22. The summed E-state index contributed by atoms with van der Waals surface area (Å²) < 4.78 is 5.64. The highest BCUT2D eigenvalue weighted by atomic mass is 16.4. The number of hydrogen-bond acceptors (Lipinski definition) is 6. The van der Waals surface area contributed by atoms with Gasteiger partial charge in [0.05, 0.1) is 0 Å². The molecule has 1 heterocycles. The predicted molar refractivity (Wildman–Crippen MR) is 92.8 cm³/mol. The van der Waals surface area contributed by atoms with Gasteiger partial charge in [0.25, 0.3) is 0 Å². The lowest BCUT2D eigenvalue weighted by Gasteiger charge is -2.22. The number of carbonyl (C=O) groups excluding carboxylic acids is 1. The van der Waals surface area contributed by atoms with Crippen LogP contribution in [0, 0.1) is 0 Å². The minimum absolute atomic E-state index is 0.0183. The molecular formula is C16H28N4O4. The normalized spacial score (nSPS) is 10.7. The fourth-order valence-corrected chi connectivity index (χ4v) is 2.48. The summed E-state index contributed by atoms with van der Waals surface area (Å²) >= 11 is 0. The van der Waals surface area contributed by atoms with Crippen molar-refractivity contribution in [2.24, 2.45) is 0 Å². The van der Waals surface area contributed by atoms with Gasteiger partial charge in [-0.2, -0.15) is 0 Å². The van der Waals surface area contributed by atoms with Crippen molar-refractivity contribution in [3.8, 4) is 0 Å². The van der Waals surface area contributed by atoms with Crippen molar-refractivity contribution >= 4 is 12.0 Å². The van der Waals surface area contributed by atoms with Crippen molar-refractivity contribution < 1.29 is 9.21 Å². The molecule has 0 atom stereocenters. The minimum Gasteiger partial charge on any atom is -0.375 e. The molecule has 0 N–H and O–H groups in total. The van der Waals surface area contributed by atoms with Gasteiger partial charge in [-0.1, -0.05) is 27.7 Å². The summed E-state index contributed by atoms with van der Waals surface area (Å²) in [5.74, 6) is -0.982. The van der Waals surface area contributed by atoms with Crippen molar-refractivity contribution in [2.75, 3.05) is 31.1 Å². The quantitative estimate of drug-likeness (QED) is 0.682. The fourth-order valence-electron chi connectivity index (χ4n) is 2.48. The number of amides is 1. The second-order valence-electron chi connectivity index (χ2n) is 5.64. The third kappa shape index (κ3) is 4.94. The first-order chi connectivity index (χ1) is 11.5. The van der Waals surface area contributed by atoms with Crippen LogP contribution in [0.2, 0.25) is 0 Å². The Morgan fingerprint density at radius 2 is 1.46 bits per heavy atom. The van der Waals surface area contributed by atoms with Gasteiger partial charge in [-0.3, -0.25) is 0 Å². The molecule has 0 radical (unpaired) electrons. The first-order valence-electron chi connectivity index (χ1n) is 8.68. The Morgan fingerprint density at radius 1 is 0.958 bits per heavy atom. The average Bonchev–Trinajstić information content (AvgIpc) is 2.53. The van der Waals surface area contributed by atoms with E-state index in [0.717, 1.165) is 25.7 Å².